The van der Waals surface area contributed by atoms with Crippen LogP contribution in [0.4, 0.5) is 4.39 Å². The van der Waals surface area contributed by atoms with Gasteiger partial charge in [-0.05, 0) is 24.6 Å². The number of halogens is 1. The van der Waals surface area contributed by atoms with E-state index < -0.39 is 29.0 Å². The Morgan fingerprint density at radius 1 is 1.30 bits per heavy atom. The van der Waals surface area contributed by atoms with Gasteiger partial charge in [-0.25, -0.2) is 4.79 Å². The molecule has 1 atom stereocenters. The highest BCUT2D eigenvalue weighted by Crippen LogP contribution is 2.23. The maximum atomic E-state index is 13.4. The first kappa shape index (κ1) is 13.9. The molecule has 1 heterocycles. The second kappa shape index (κ2) is 5.20. The monoisotopic (exact) mass is 280 g/mol. The zero-order chi connectivity index (χ0) is 14.9. The minimum absolute atomic E-state index is 0.630. The number of methoxy groups -OCH3 is 1. The smallest absolute Gasteiger partial charge is 0.331 e. The molecule has 0 saturated heterocycles. The van der Waals surface area contributed by atoms with Gasteiger partial charge in [0, 0.05) is 0 Å². The van der Waals surface area contributed by atoms with Crippen LogP contribution in [-0.2, 0) is 0 Å². The first-order chi connectivity index (χ1) is 9.45. The van der Waals surface area contributed by atoms with Gasteiger partial charge in [-0.3, -0.25) is 14.3 Å². The lowest BCUT2D eigenvalue weighted by Gasteiger charge is -2.17. The fourth-order valence-electron chi connectivity index (χ4n) is 1.91. The normalized spacial score (nSPS) is 12.2. The molecule has 0 saturated carbocycles. The van der Waals surface area contributed by atoms with Crippen LogP contribution < -0.4 is 16.0 Å². The highest BCUT2D eigenvalue weighted by Gasteiger charge is 2.19. The zero-order valence-electron chi connectivity index (χ0n) is 10.9. The summed E-state index contributed by atoms with van der Waals surface area (Å²) < 4.78 is 19.2. The van der Waals surface area contributed by atoms with E-state index in [1.807, 2.05) is 4.98 Å². The summed E-state index contributed by atoms with van der Waals surface area (Å²) in [6.07, 6.45) is 0. The Morgan fingerprint density at radius 2 is 1.90 bits per heavy atom. The summed E-state index contributed by atoms with van der Waals surface area (Å²) in [4.78, 5) is 24.6. The standard InChI is InChI=1S/C13H13FN2O4/c1-7(8-3-5-9(20-2)6-4-8)16-12(18)10(14)11(17)15-13(16)19/h3-7,18H,1-2H3,(H,15,17,19). The second-order valence-corrected chi connectivity index (χ2v) is 4.22. The molecule has 0 aliphatic rings. The van der Waals surface area contributed by atoms with Crippen LogP contribution in [0.25, 0.3) is 0 Å². The van der Waals surface area contributed by atoms with E-state index in [1.165, 1.54) is 7.11 Å². The molecule has 0 bridgehead atoms. The molecule has 20 heavy (non-hydrogen) atoms. The average molecular weight is 280 g/mol. The molecule has 0 spiro atoms. The molecule has 0 fully saturated rings. The third-order valence-corrected chi connectivity index (χ3v) is 3.05. The molecule has 1 unspecified atom stereocenters. The van der Waals surface area contributed by atoms with Crippen molar-refractivity contribution in [3.63, 3.8) is 0 Å². The van der Waals surface area contributed by atoms with Gasteiger partial charge in [0.25, 0.3) is 5.56 Å². The lowest BCUT2D eigenvalue weighted by Crippen LogP contribution is -2.33. The van der Waals surface area contributed by atoms with Crippen molar-refractivity contribution >= 4 is 0 Å². The van der Waals surface area contributed by atoms with Crippen LogP contribution in [0, 0.1) is 5.82 Å². The third-order valence-electron chi connectivity index (χ3n) is 3.05. The number of H-pyrrole nitrogens is 1. The highest BCUT2D eigenvalue weighted by molar-refractivity contribution is 5.30. The molecule has 0 amide bonds. The summed E-state index contributed by atoms with van der Waals surface area (Å²) >= 11 is 0. The van der Waals surface area contributed by atoms with Crippen LogP contribution in [0.5, 0.6) is 11.6 Å². The fourth-order valence-corrected chi connectivity index (χ4v) is 1.91. The van der Waals surface area contributed by atoms with Gasteiger partial charge in [0.05, 0.1) is 13.2 Å². The number of nitrogens with zero attached hydrogens (tertiary/aromatic N) is 1. The molecule has 1 aromatic carbocycles. The van der Waals surface area contributed by atoms with Gasteiger partial charge in [0.2, 0.25) is 11.7 Å². The summed E-state index contributed by atoms with van der Waals surface area (Å²) in [6, 6.07) is 6.06. The number of hydrogen-bond donors (Lipinski definition) is 2. The highest BCUT2D eigenvalue weighted by atomic mass is 19.1. The van der Waals surface area contributed by atoms with Gasteiger partial charge in [-0.15, -0.1) is 0 Å². The Kier molecular flexibility index (Phi) is 3.60. The maximum absolute atomic E-state index is 13.4. The van der Waals surface area contributed by atoms with Crippen molar-refractivity contribution in [3.8, 4) is 11.6 Å². The van der Waals surface area contributed by atoms with Crippen LogP contribution in [0.15, 0.2) is 33.9 Å². The predicted molar refractivity (Wildman–Crippen MR) is 69.8 cm³/mol. The van der Waals surface area contributed by atoms with Crippen molar-refractivity contribution in [2.45, 2.75) is 13.0 Å². The van der Waals surface area contributed by atoms with Gasteiger partial charge in [-0.1, -0.05) is 12.1 Å². The molecule has 7 heteroatoms. The van der Waals surface area contributed by atoms with Crippen LogP contribution in [0.3, 0.4) is 0 Å². The van der Waals surface area contributed by atoms with Crippen LogP contribution >= 0.6 is 0 Å². The fraction of sp³-hybridized carbons (Fsp3) is 0.231. The van der Waals surface area contributed by atoms with E-state index in [4.69, 9.17) is 4.74 Å². The molecule has 0 aliphatic heterocycles. The minimum Gasteiger partial charge on any atom is -0.497 e. The summed E-state index contributed by atoms with van der Waals surface area (Å²) in [6.45, 7) is 1.60. The SMILES string of the molecule is COc1ccc(C(C)n2c(O)c(F)c(=O)[nH]c2=O)cc1. The number of aromatic hydroxyl groups is 1. The molecular weight excluding hydrogens is 267 g/mol. The van der Waals surface area contributed by atoms with E-state index in [2.05, 4.69) is 0 Å². The number of aromatic nitrogens is 2. The number of hydrogen-bond acceptors (Lipinski definition) is 4. The maximum Gasteiger partial charge on any atom is 0.331 e. The topological polar surface area (TPSA) is 84.3 Å². The molecule has 1 aromatic heterocycles. The summed E-state index contributed by atoms with van der Waals surface area (Å²) in [7, 11) is 1.52. The molecule has 2 rings (SSSR count). The van der Waals surface area contributed by atoms with Crippen molar-refractivity contribution in [1.82, 2.24) is 9.55 Å². The largest absolute Gasteiger partial charge is 0.497 e. The van der Waals surface area contributed by atoms with Crippen molar-refractivity contribution in [3.05, 3.63) is 56.5 Å². The van der Waals surface area contributed by atoms with Gasteiger partial charge >= 0.3 is 5.69 Å². The Balaban J connectivity index is 2.53. The Morgan fingerprint density at radius 3 is 2.45 bits per heavy atom. The molecule has 2 aromatic rings. The lowest BCUT2D eigenvalue weighted by atomic mass is 10.1. The first-order valence-corrected chi connectivity index (χ1v) is 5.83. The van der Waals surface area contributed by atoms with Gasteiger partial charge in [0.1, 0.15) is 5.75 Å². The van der Waals surface area contributed by atoms with Crippen molar-refractivity contribution < 1.29 is 14.2 Å². The summed E-state index contributed by atoms with van der Waals surface area (Å²) in [5.74, 6) is -1.74. The summed E-state index contributed by atoms with van der Waals surface area (Å²) in [5, 5.41) is 9.63. The molecule has 6 nitrogen and oxygen atoms in total. The zero-order valence-corrected chi connectivity index (χ0v) is 10.9. The van der Waals surface area contributed by atoms with Crippen LogP contribution in [0.1, 0.15) is 18.5 Å². The Labute approximate surface area is 113 Å². The van der Waals surface area contributed by atoms with E-state index in [-0.39, 0.29) is 0 Å². The Hall–Kier alpha value is -2.57. The van der Waals surface area contributed by atoms with E-state index >= 15 is 0 Å². The van der Waals surface area contributed by atoms with E-state index in [0.29, 0.717) is 11.3 Å². The second-order valence-electron chi connectivity index (χ2n) is 4.22. The quantitative estimate of drug-likeness (QED) is 0.878. The lowest BCUT2D eigenvalue weighted by molar-refractivity contribution is 0.351. The molecule has 2 N–H and O–H groups in total. The van der Waals surface area contributed by atoms with E-state index in [9.17, 15) is 19.1 Å². The number of nitrogens with one attached hydrogen (secondary N) is 1. The van der Waals surface area contributed by atoms with Crippen molar-refractivity contribution in [2.75, 3.05) is 7.11 Å². The van der Waals surface area contributed by atoms with Gasteiger partial charge in [-0.2, -0.15) is 4.39 Å². The minimum atomic E-state index is -1.38. The third kappa shape index (κ3) is 2.29. The summed E-state index contributed by atoms with van der Waals surface area (Å²) in [5.41, 5.74) is -1.47. The van der Waals surface area contributed by atoms with Crippen molar-refractivity contribution in [2.24, 2.45) is 0 Å². The van der Waals surface area contributed by atoms with E-state index in [0.717, 1.165) is 4.57 Å². The molecule has 0 aliphatic carbocycles. The Bertz CT molecular complexity index is 734. The first-order valence-electron chi connectivity index (χ1n) is 5.83. The van der Waals surface area contributed by atoms with Gasteiger partial charge in [0.15, 0.2) is 0 Å². The predicted octanol–water partition coefficient (Wildman–Crippen LogP) is 0.999. The molecule has 0 radical (unpaired) electrons. The van der Waals surface area contributed by atoms with Crippen LogP contribution in [-0.4, -0.2) is 21.8 Å². The number of benzene rings is 1. The van der Waals surface area contributed by atoms with Crippen molar-refractivity contribution in [1.29, 1.82) is 0 Å². The van der Waals surface area contributed by atoms with E-state index in [1.54, 1.807) is 31.2 Å². The number of ether oxygens (including phenoxy) is 1. The van der Waals surface area contributed by atoms with Gasteiger partial charge < -0.3 is 9.84 Å². The van der Waals surface area contributed by atoms with Crippen LogP contribution in [0.2, 0.25) is 0 Å². The number of rotatable bonds is 3. The molecule has 106 valence electrons. The molecular formula is C13H13FN2O4. The average Bonchev–Trinajstić information content (AvgIpc) is 2.45. The number of aromatic amines is 1.